The van der Waals surface area contributed by atoms with Gasteiger partial charge < -0.3 is 24.7 Å². The molecule has 2 aromatic heterocycles. The van der Waals surface area contributed by atoms with E-state index in [0.29, 0.717) is 0 Å². The second kappa shape index (κ2) is 16.0. The summed E-state index contributed by atoms with van der Waals surface area (Å²) in [7, 11) is -4.07. The molecule has 0 spiro atoms. The Morgan fingerprint density at radius 2 is 1.50 bits per heavy atom. The first-order chi connectivity index (χ1) is 23.2. The Morgan fingerprint density at radius 1 is 0.938 bits per heavy atom. The molecule has 1 aliphatic heterocycles. The topological polar surface area (TPSA) is 182 Å². The Morgan fingerprint density at radius 3 is 2.04 bits per heavy atom. The summed E-state index contributed by atoms with van der Waals surface area (Å²) in [5, 5.41) is 5.80. The third kappa shape index (κ3) is 8.68. The van der Waals surface area contributed by atoms with Gasteiger partial charge in [0.15, 0.2) is 29.8 Å². The first kappa shape index (κ1) is 34.8. The molecule has 0 radical (unpaired) electrons. The van der Waals surface area contributed by atoms with Crippen LogP contribution in [0.2, 0.25) is 0 Å². The highest BCUT2D eigenvalue weighted by Gasteiger charge is 2.38. The zero-order chi connectivity index (χ0) is 34.1. The summed E-state index contributed by atoms with van der Waals surface area (Å²) < 4.78 is 53.7. The van der Waals surface area contributed by atoms with Crippen LogP contribution in [-0.2, 0) is 45.9 Å². The number of ether oxygens (including phenoxy) is 4. The number of nitrogens with two attached hydrogens (primary N) is 1. The molecule has 4 N–H and O–H groups in total. The van der Waals surface area contributed by atoms with Crippen LogP contribution < -0.4 is 15.9 Å². The Hall–Kier alpha value is -4.53. The molecule has 254 valence electrons. The average molecular weight is 682 g/mol. The predicted octanol–water partition coefficient (Wildman–Crippen LogP) is 3.81. The molecule has 3 heterocycles. The van der Waals surface area contributed by atoms with Crippen molar-refractivity contribution < 1.29 is 37.5 Å². The second-order valence-corrected chi connectivity index (χ2v) is 13.0. The number of hydrogen-bond donors (Lipinski definition) is 3. The molecular formula is C32H37FN7O7P. The highest BCUT2D eigenvalue weighted by molar-refractivity contribution is 7.59. The van der Waals surface area contributed by atoms with Gasteiger partial charge in [-0.1, -0.05) is 60.7 Å². The fourth-order valence-electron chi connectivity index (χ4n) is 5.11. The zero-order valence-electron chi connectivity index (χ0n) is 26.4. The fraction of sp³-hybridized carbons (Fsp3) is 0.344. The number of nitrogen functional groups attached to an aromatic ring is 1. The van der Waals surface area contributed by atoms with E-state index in [4.69, 9.17) is 24.7 Å². The van der Waals surface area contributed by atoms with Gasteiger partial charge in [-0.2, -0.15) is 0 Å². The van der Waals surface area contributed by atoms with E-state index in [-0.39, 0.29) is 43.0 Å². The van der Waals surface area contributed by atoms with Crippen LogP contribution in [0.1, 0.15) is 31.2 Å². The van der Waals surface area contributed by atoms with Gasteiger partial charge in [0, 0.05) is 6.08 Å². The van der Waals surface area contributed by atoms with E-state index < -0.39 is 56.2 Å². The second-order valence-electron chi connectivity index (χ2n) is 10.8. The molecule has 0 saturated carbocycles. The SMILES string of the molecule is CCOC(=O)C(Cc1ccccc1)NP(=O)(CO[C@@H]1C=C(F)[C@H](n2cnc3c(N)ncnc32)O1)NC(Cc1ccccc1)C(=O)OCC. The molecule has 4 aromatic rings. The fourth-order valence-corrected chi connectivity index (χ4v) is 7.09. The van der Waals surface area contributed by atoms with Crippen LogP contribution >= 0.6 is 7.44 Å². The lowest BCUT2D eigenvalue weighted by molar-refractivity contribution is -0.145. The van der Waals surface area contributed by atoms with E-state index in [1.807, 2.05) is 60.7 Å². The van der Waals surface area contributed by atoms with E-state index in [9.17, 15) is 14.2 Å². The number of imidazole rings is 1. The number of rotatable bonds is 16. The van der Waals surface area contributed by atoms with Crippen molar-refractivity contribution >= 4 is 36.4 Å². The summed E-state index contributed by atoms with van der Waals surface area (Å²) in [5.74, 6) is -1.91. The maximum absolute atomic E-state index is 15.2. The quantitative estimate of drug-likeness (QED) is 0.115. The van der Waals surface area contributed by atoms with Gasteiger partial charge in [0.1, 0.15) is 30.3 Å². The number of benzene rings is 2. The average Bonchev–Trinajstić information content (AvgIpc) is 3.68. The van der Waals surface area contributed by atoms with E-state index >= 15 is 4.39 Å². The molecule has 5 rings (SSSR count). The van der Waals surface area contributed by atoms with Crippen LogP contribution in [0, 0.1) is 0 Å². The van der Waals surface area contributed by atoms with E-state index in [1.54, 1.807) is 13.8 Å². The summed E-state index contributed by atoms with van der Waals surface area (Å²) in [6.07, 6.45) is 0.601. The van der Waals surface area contributed by atoms with Crippen LogP contribution in [-0.4, -0.2) is 69.4 Å². The van der Waals surface area contributed by atoms with Crippen LogP contribution in [0.5, 0.6) is 0 Å². The number of anilines is 1. The van der Waals surface area contributed by atoms with E-state index in [0.717, 1.165) is 17.2 Å². The number of aromatic nitrogens is 4. The van der Waals surface area contributed by atoms with Crippen LogP contribution in [0.4, 0.5) is 10.2 Å². The first-order valence-electron chi connectivity index (χ1n) is 15.3. The molecule has 0 bridgehead atoms. The number of nitrogens with one attached hydrogen (secondary N) is 2. The molecule has 0 fully saturated rings. The number of halogens is 1. The van der Waals surface area contributed by atoms with Crippen molar-refractivity contribution in [3.05, 3.63) is 96.3 Å². The van der Waals surface area contributed by atoms with Gasteiger partial charge in [-0.05, 0) is 37.8 Å². The molecule has 2 unspecified atom stereocenters. The normalized spacial score (nSPS) is 18.5. The van der Waals surface area contributed by atoms with Crippen molar-refractivity contribution in [2.45, 2.75) is 51.3 Å². The molecule has 48 heavy (non-hydrogen) atoms. The number of fused-ring (bicyclic) bond motifs is 1. The highest BCUT2D eigenvalue weighted by atomic mass is 31.2. The van der Waals surface area contributed by atoms with Crippen LogP contribution in [0.3, 0.4) is 0 Å². The monoisotopic (exact) mass is 681 g/mol. The molecule has 2 aromatic carbocycles. The van der Waals surface area contributed by atoms with Crippen molar-refractivity contribution in [3.63, 3.8) is 0 Å². The molecule has 0 aliphatic carbocycles. The Labute approximate surface area is 276 Å². The number of nitrogens with zero attached hydrogens (tertiary/aromatic N) is 4. The summed E-state index contributed by atoms with van der Waals surface area (Å²) >= 11 is 0. The minimum atomic E-state index is -4.07. The van der Waals surface area contributed by atoms with E-state index in [1.165, 1.54) is 17.2 Å². The van der Waals surface area contributed by atoms with Crippen molar-refractivity contribution in [1.29, 1.82) is 0 Å². The minimum Gasteiger partial charge on any atom is -0.465 e. The lowest BCUT2D eigenvalue weighted by Crippen LogP contribution is -2.46. The third-order valence-electron chi connectivity index (χ3n) is 7.29. The molecule has 4 atom stereocenters. The van der Waals surface area contributed by atoms with E-state index in [2.05, 4.69) is 25.1 Å². The minimum absolute atomic E-state index is 0.0837. The highest BCUT2D eigenvalue weighted by Crippen LogP contribution is 2.41. The maximum Gasteiger partial charge on any atom is 0.323 e. The maximum atomic E-state index is 15.2. The lowest BCUT2D eigenvalue weighted by atomic mass is 10.1. The van der Waals surface area contributed by atoms with Crippen molar-refractivity contribution in [2.75, 3.05) is 25.3 Å². The smallest absolute Gasteiger partial charge is 0.323 e. The van der Waals surface area contributed by atoms with Gasteiger partial charge in [0.25, 0.3) is 0 Å². The molecule has 1 aliphatic rings. The van der Waals surface area contributed by atoms with Gasteiger partial charge in [0.2, 0.25) is 7.44 Å². The first-order valence-corrected chi connectivity index (χ1v) is 17.2. The van der Waals surface area contributed by atoms with Gasteiger partial charge in [-0.25, -0.2) is 29.5 Å². The Kier molecular flexibility index (Phi) is 11.6. The van der Waals surface area contributed by atoms with Crippen LogP contribution in [0.15, 0.2) is 85.2 Å². The number of esters is 2. The third-order valence-corrected chi connectivity index (χ3v) is 9.26. The summed E-state index contributed by atoms with van der Waals surface area (Å²) in [5.41, 5.74) is 7.91. The molecular weight excluding hydrogens is 644 g/mol. The van der Waals surface area contributed by atoms with Gasteiger partial charge in [-0.3, -0.25) is 18.7 Å². The van der Waals surface area contributed by atoms with Crippen LogP contribution in [0.25, 0.3) is 11.2 Å². The number of carbonyl (C=O) groups is 2. The summed E-state index contributed by atoms with van der Waals surface area (Å²) in [4.78, 5) is 38.5. The zero-order valence-corrected chi connectivity index (χ0v) is 27.3. The van der Waals surface area contributed by atoms with Crippen molar-refractivity contribution in [3.8, 4) is 0 Å². The van der Waals surface area contributed by atoms with Crippen molar-refractivity contribution in [2.24, 2.45) is 0 Å². The molecule has 14 nitrogen and oxygen atoms in total. The predicted molar refractivity (Wildman–Crippen MR) is 174 cm³/mol. The summed E-state index contributed by atoms with van der Waals surface area (Å²) in [6.45, 7) is 3.49. The Bertz CT molecular complexity index is 1710. The Balaban J connectivity index is 1.41. The largest absolute Gasteiger partial charge is 0.465 e. The summed E-state index contributed by atoms with van der Waals surface area (Å²) in [6, 6.07) is 16.0. The number of carbonyl (C=O) groups excluding carboxylic acids is 2. The molecule has 0 saturated heterocycles. The lowest BCUT2D eigenvalue weighted by Gasteiger charge is -2.29. The van der Waals surface area contributed by atoms with Gasteiger partial charge in [-0.15, -0.1) is 0 Å². The van der Waals surface area contributed by atoms with Gasteiger partial charge >= 0.3 is 11.9 Å². The number of hydrogen-bond acceptors (Lipinski definition) is 11. The standard InChI is InChI=1S/C32H37FN7O7P/c1-3-44-31(41)24(15-21-11-7-5-8-12-21)38-48(43,39-25(32(42)45-4-2)16-22-13-9-6-10-14-22)20-46-26-17-23(33)30(47-26)40-19-37-27-28(34)35-18-36-29(27)40/h5-14,17-19,24-26,30H,3-4,15-16,20H2,1-2H3,(H2,34,35,36)(H2,38,39,43)/t24?,25?,26-,30+,48?/m0/s1. The van der Waals surface area contributed by atoms with Gasteiger partial charge in [0.05, 0.1) is 19.5 Å². The molecule has 0 amide bonds. The van der Waals surface area contributed by atoms with Crippen molar-refractivity contribution in [1.82, 2.24) is 29.7 Å². The molecule has 16 heteroatoms.